The van der Waals surface area contributed by atoms with Crippen molar-refractivity contribution in [3.05, 3.63) is 0 Å². The van der Waals surface area contributed by atoms with E-state index < -0.39 is 0 Å². The lowest BCUT2D eigenvalue weighted by atomic mass is 10.1. The lowest BCUT2D eigenvalue weighted by Gasteiger charge is -2.28. The minimum atomic E-state index is -0.0378. The smallest absolute Gasteiger partial charge is 0.230 e. The highest BCUT2D eigenvalue weighted by atomic mass is 16.5. The second-order valence-electron chi connectivity index (χ2n) is 3.87. The number of piperidine rings is 1. The molecule has 0 aromatic carbocycles. The first-order chi connectivity index (χ1) is 6.63. The number of hydrogen-bond donors (Lipinski definition) is 0. The van der Waals surface area contributed by atoms with Crippen molar-refractivity contribution in [1.29, 1.82) is 0 Å². The molecule has 0 spiro atoms. The molecule has 1 aliphatic heterocycles. The highest BCUT2D eigenvalue weighted by Crippen LogP contribution is 2.10. The van der Waals surface area contributed by atoms with Crippen molar-refractivity contribution in [2.24, 2.45) is 5.92 Å². The van der Waals surface area contributed by atoms with Crippen LogP contribution >= 0.6 is 0 Å². The molecule has 1 saturated heterocycles. The Morgan fingerprint density at radius 1 is 1.50 bits per heavy atom. The van der Waals surface area contributed by atoms with Gasteiger partial charge in [0.1, 0.15) is 5.78 Å². The van der Waals surface area contributed by atoms with Gasteiger partial charge in [0.05, 0.1) is 13.0 Å². The molecule has 4 heteroatoms. The van der Waals surface area contributed by atoms with Crippen molar-refractivity contribution < 1.29 is 14.3 Å². The van der Waals surface area contributed by atoms with Crippen LogP contribution in [0.5, 0.6) is 0 Å². The Bertz CT molecular complexity index is 227. The zero-order valence-electron chi connectivity index (χ0n) is 8.78. The quantitative estimate of drug-likeness (QED) is 0.618. The van der Waals surface area contributed by atoms with Gasteiger partial charge in [-0.3, -0.25) is 9.59 Å². The highest BCUT2D eigenvalue weighted by molar-refractivity contribution is 6.00. The summed E-state index contributed by atoms with van der Waals surface area (Å²) in [4.78, 5) is 24.1. The van der Waals surface area contributed by atoms with E-state index in [4.69, 9.17) is 4.74 Å². The fourth-order valence-electron chi connectivity index (χ4n) is 1.66. The Morgan fingerprint density at radius 2 is 2.21 bits per heavy atom. The normalized spacial score (nSPS) is 20.0. The third-order valence-electron chi connectivity index (χ3n) is 2.34. The average molecular weight is 199 g/mol. The number of nitrogens with zero attached hydrogens (tertiary/aromatic N) is 1. The largest absolute Gasteiger partial charge is 0.384 e. The average Bonchev–Trinajstić information content (AvgIpc) is 2.10. The molecule has 1 amide bonds. The van der Waals surface area contributed by atoms with Gasteiger partial charge in [-0.05, 0) is 5.92 Å². The minimum Gasteiger partial charge on any atom is -0.384 e. The molecular weight excluding hydrogens is 182 g/mol. The predicted octanol–water partition coefficient (Wildman–Crippen LogP) is 0.460. The summed E-state index contributed by atoms with van der Waals surface area (Å²) in [5, 5.41) is 0. The third kappa shape index (κ3) is 3.10. The van der Waals surface area contributed by atoms with E-state index in [-0.39, 0.29) is 18.1 Å². The van der Waals surface area contributed by atoms with Crippen molar-refractivity contribution in [1.82, 2.24) is 4.90 Å². The van der Waals surface area contributed by atoms with E-state index >= 15 is 0 Å². The van der Waals surface area contributed by atoms with Gasteiger partial charge in [-0.15, -0.1) is 0 Å². The van der Waals surface area contributed by atoms with Crippen LogP contribution in [0.1, 0.15) is 19.8 Å². The van der Waals surface area contributed by atoms with Crippen LogP contribution < -0.4 is 0 Å². The van der Waals surface area contributed by atoms with Crippen LogP contribution in [0.25, 0.3) is 0 Å². The Balaban J connectivity index is 2.37. The molecule has 0 aromatic rings. The topological polar surface area (TPSA) is 46.6 Å². The molecule has 0 aliphatic carbocycles. The van der Waals surface area contributed by atoms with E-state index in [1.54, 1.807) is 12.0 Å². The molecular formula is C10H17NO3. The molecule has 14 heavy (non-hydrogen) atoms. The van der Waals surface area contributed by atoms with Gasteiger partial charge < -0.3 is 9.64 Å². The first-order valence-electron chi connectivity index (χ1n) is 4.92. The molecule has 1 unspecified atom stereocenters. The van der Waals surface area contributed by atoms with Crippen molar-refractivity contribution in [3.8, 4) is 0 Å². The highest BCUT2D eigenvalue weighted by Gasteiger charge is 2.24. The van der Waals surface area contributed by atoms with Crippen LogP contribution in [0.4, 0.5) is 0 Å². The maximum absolute atomic E-state index is 11.4. The van der Waals surface area contributed by atoms with Gasteiger partial charge in [0.15, 0.2) is 0 Å². The first kappa shape index (κ1) is 11.2. The number of methoxy groups -OCH3 is 1. The van der Waals surface area contributed by atoms with Crippen molar-refractivity contribution in [2.45, 2.75) is 19.8 Å². The molecule has 1 fully saturated rings. The summed E-state index contributed by atoms with van der Waals surface area (Å²) in [6, 6.07) is 0. The molecule has 0 N–H and O–H groups in total. The second-order valence-corrected chi connectivity index (χ2v) is 3.87. The van der Waals surface area contributed by atoms with Gasteiger partial charge in [0.2, 0.25) is 5.91 Å². The van der Waals surface area contributed by atoms with Gasteiger partial charge >= 0.3 is 0 Å². The van der Waals surface area contributed by atoms with Crippen molar-refractivity contribution in [3.63, 3.8) is 0 Å². The predicted molar refractivity (Wildman–Crippen MR) is 51.9 cm³/mol. The molecule has 1 heterocycles. The maximum Gasteiger partial charge on any atom is 0.230 e. The molecule has 0 radical (unpaired) electrons. The standard InChI is InChI=1S/C10H17NO3/c1-8(7-14-2)6-11-4-3-9(12)5-10(11)13/h8H,3-7H2,1-2H3. The zero-order valence-corrected chi connectivity index (χ0v) is 8.78. The van der Waals surface area contributed by atoms with Gasteiger partial charge in [-0.2, -0.15) is 0 Å². The summed E-state index contributed by atoms with van der Waals surface area (Å²) in [6.45, 7) is 3.95. The molecule has 0 bridgehead atoms. The summed E-state index contributed by atoms with van der Waals surface area (Å²) < 4.78 is 5.00. The summed E-state index contributed by atoms with van der Waals surface area (Å²) in [5.74, 6) is 0.354. The molecule has 1 atom stereocenters. The van der Waals surface area contributed by atoms with Gasteiger partial charge in [0, 0.05) is 26.6 Å². The van der Waals surface area contributed by atoms with Crippen LogP contribution in [0.2, 0.25) is 0 Å². The first-order valence-corrected chi connectivity index (χ1v) is 4.92. The van der Waals surface area contributed by atoms with E-state index in [9.17, 15) is 9.59 Å². The number of carbonyl (C=O) groups excluding carboxylic acids is 2. The molecule has 0 aromatic heterocycles. The van der Waals surface area contributed by atoms with Gasteiger partial charge in [-0.25, -0.2) is 0 Å². The molecule has 1 aliphatic rings. The minimum absolute atomic E-state index is 0.0378. The zero-order chi connectivity index (χ0) is 10.6. The number of hydrogen-bond acceptors (Lipinski definition) is 3. The number of likely N-dealkylation sites (tertiary alicyclic amines) is 1. The number of ether oxygens (including phenoxy) is 1. The van der Waals surface area contributed by atoms with E-state index in [0.29, 0.717) is 32.0 Å². The summed E-state index contributed by atoms with van der Waals surface area (Å²) in [7, 11) is 1.65. The number of Topliss-reactive ketones (excluding diaryl/α,β-unsaturated/α-hetero) is 1. The summed E-state index contributed by atoms with van der Waals surface area (Å²) in [6.07, 6.45) is 0.588. The second kappa shape index (κ2) is 5.10. The Kier molecular flexibility index (Phi) is 4.07. The van der Waals surface area contributed by atoms with Crippen molar-refractivity contribution in [2.75, 3.05) is 26.8 Å². The number of carbonyl (C=O) groups is 2. The van der Waals surface area contributed by atoms with Crippen LogP contribution in [-0.4, -0.2) is 43.4 Å². The SMILES string of the molecule is COCC(C)CN1CCC(=O)CC1=O. The monoisotopic (exact) mass is 199 g/mol. The van der Waals surface area contributed by atoms with Crippen LogP contribution in [0.3, 0.4) is 0 Å². The third-order valence-corrected chi connectivity index (χ3v) is 2.34. The lowest BCUT2D eigenvalue weighted by molar-refractivity contribution is -0.140. The van der Waals surface area contributed by atoms with E-state index in [2.05, 4.69) is 0 Å². The fraction of sp³-hybridized carbons (Fsp3) is 0.800. The molecule has 4 nitrogen and oxygen atoms in total. The molecule has 1 rings (SSSR count). The Hall–Kier alpha value is -0.900. The van der Waals surface area contributed by atoms with Crippen molar-refractivity contribution >= 4 is 11.7 Å². The van der Waals surface area contributed by atoms with E-state index in [0.717, 1.165) is 0 Å². The van der Waals surface area contributed by atoms with Crippen LogP contribution in [0.15, 0.2) is 0 Å². The van der Waals surface area contributed by atoms with Gasteiger partial charge in [-0.1, -0.05) is 6.92 Å². The summed E-state index contributed by atoms with van der Waals surface area (Å²) in [5.41, 5.74) is 0. The van der Waals surface area contributed by atoms with Crippen LogP contribution in [0, 0.1) is 5.92 Å². The number of rotatable bonds is 4. The maximum atomic E-state index is 11.4. The Morgan fingerprint density at radius 3 is 2.79 bits per heavy atom. The van der Waals surface area contributed by atoms with E-state index in [1.807, 2.05) is 6.92 Å². The number of ketones is 1. The fourth-order valence-corrected chi connectivity index (χ4v) is 1.66. The van der Waals surface area contributed by atoms with Gasteiger partial charge in [0.25, 0.3) is 0 Å². The van der Waals surface area contributed by atoms with Crippen LogP contribution in [-0.2, 0) is 14.3 Å². The number of amides is 1. The van der Waals surface area contributed by atoms with E-state index in [1.165, 1.54) is 0 Å². The molecule has 80 valence electrons. The summed E-state index contributed by atoms with van der Waals surface area (Å²) >= 11 is 0. The lowest BCUT2D eigenvalue weighted by Crippen LogP contribution is -2.41. The Labute approximate surface area is 84.2 Å². The molecule has 0 saturated carbocycles.